The van der Waals surface area contributed by atoms with Crippen LogP contribution < -0.4 is 21.5 Å². The number of anilines is 1. The molecular formula is C20H26F2N4O2. The molecule has 4 aliphatic rings. The Hall–Kier alpha value is -2.38. The second-order valence-corrected chi connectivity index (χ2v) is 8.66. The molecule has 8 heteroatoms. The van der Waals surface area contributed by atoms with Crippen molar-refractivity contribution < 1.29 is 18.4 Å². The molecule has 0 aliphatic heterocycles. The Bertz CT molecular complexity index is 715. The number of amides is 3. The third-order valence-electron chi connectivity index (χ3n) is 6.26. The van der Waals surface area contributed by atoms with Gasteiger partial charge in [-0.15, -0.1) is 0 Å². The van der Waals surface area contributed by atoms with Crippen molar-refractivity contribution in [3.63, 3.8) is 0 Å². The van der Waals surface area contributed by atoms with Gasteiger partial charge < -0.3 is 10.6 Å². The molecular weight excluding hydrogens is 366 g/mol. The van der Waals surface area contributed by atoms with Gasteiger partial charge in [0.15, 0.2) is 0 Å². The third kappa shape index (κ3) is 4.36. The first-order valence-electron chi connectivity index (χ1n) is 9.96. The van der Waals surface area contributed by atoms with E-state index < -0.39 is 11.6 Å². The molecule has 28 heavy (non-hydrogen) atoms. The fourth-order valence-electron chi connectivity index (χ4n) is 5.67. The Labute approximate surface area is 162 Å². The number of hydrogen-bond donors (Lipinski definition) is 4. The first kappa shape index (κ1) is 19.0. The largest absolute Gasteiger partial charge is 0.338 e. The minimum absolute atomic E-state index is 0.0547. The summed E-state index contributed by atoms with van der Waals surface area (Å²) in [5, 5.41) is 5.93. The second kappa shape index (κ2) is 7.56. The average Bonchev–Trinajstić information content (AvgIpc) is 2.57. The summed E-state index contributed by atoms with van der Waals surface area (Å²) in [6.45, 7) is 0.184. The first-order chi connectivity index (χ1) is 13.4. The summed E-state index contributed by atoms with van der Waals surface area (Å²) < 4.78 is 26.2. The molecule has 1 aromatic rings. The van der Waals surface area contributed by atoms with Crippen molar-refractivity contribution >= 4 is 17.6 Å². The van der Waals surface area contributed by atoms with Gasteiger partial charge >= 0.3 is 6.03 Å². The first-order valence-corrected chi connectivity index (χ1v) is 9.96. The average molecular weight is 392 g/mol. The number of nitrogens with one attached hydrogen (secondary N) is 4. The highest BCUT2D eigenvalue weighted by atomic mass is 19.1. The van der Waals surface area contributed by atoms with Crippen molar-refractivity contribution in [3.05, 3.63) is 29.8 Å². The van der Waals surface area contributed by atoms with E-state index in [4.69, 9.17) is 0 Å². The zero-order valence-corrected chi connectivity index (χ0v) is 15.7. The van der Waals surface area contributed by atoms with E-state index in [9.17, 15) is 18.4 Å². The van der Waals surface area contributed by atoms with Crippen LogP contribution in [0.1, 0.15) is 44.9 Å². The van der Waals surface area contributed by atoms with Gasteiger partial charge in [-0.1, -0.05) is 0 Å². The van der Waals surface area contributed by atoms with Crippen LogP contribution in [0, 0.1) is 29.4 Å². The Morgan fingerprint density at radius 1 is 0.964 bits per heavy atom. The van der Waals surface area contributed by atoms with Crippen LogP contribution in [-0.2, 0) is 4.79 Å². The second-order valence-electron chi connectivity index (χ2n) is 8.66. The molecule has 0 spiro atoms. The van der Waals surface area contributed by atoms with Crippen LogP contribution in [0.15, 0.2) is 18.2 Å². The molecule has 152 valence electrons. The lowest BCUT2D eigenvalue weighted by atomic mass is 9.53. The molecule has 4 N–H and O–H groups in total. The van der Waals surface area contributed by atoms with E-state index in [0.29, 0.717) is 0 Å². The normalized spacial score (nSPS) is 30.0. The van der Waals surface area contributed by atoms with Crippen molar-refractivity contribution in [1.29, 1.82) is 0 Å². The summed E-state index contributed by atoms with van der Waals surface area (Å²) in [6, 6.07) is 2.66. The summed E-state index contributed by atoms with van der Waals surface area (Å²) in [4.78, 5) is 24.2. The van der Waals surface area contributed by atoms with Crippen LogP contribution in [0.25, 0.3) is 0 Å². The van der Waals surface area contributed by atoms with Gasteiger partial charge in [-0.2, -0.15) is 0 Å². The lowest BCUT2D eigenvalue weighted by Crippen LogP contribution is -2.61. The standard InChI is InChI=1S/C20H26F2N4O2/c21-15-6-16(22)8-17(7-15)25-26-18(27)1-2-23-19(28)24-20-9-12-3-13(10-20)5-14(4-12)11-20/h6-8,12-14,25H,1-5,9-11H2,(H,26,27)(H2,23,24,28). The van der Waals surface area contributed by atoms with Crippen LogP contribution in [0.4, 0.5) is 19.3 Å². The van der Waals surface area contributed by atoms with Crippen LogP contribution in [-0.4, -0.2) is 24.0 Å². The monoisotopic (exact) mass is 392 g/mol. The lowest BCUT2D eigenvalue weighted by molar-refractivity contribution is -0.120. The molecule has 0 aromatic heterocycles. The molecule has 4 saturated carbocycles. The Morgan fingerprint density at radius 2 is 1.54 bits per heavy atom. The third-order valence-corrected chi connectivity index (χ3v) is 6.26. The van der Waals surface area contributed by atoms with Crippen molar-refractivity contribution in [3.8, 4) is 0 Å². The van der Waals surface area contributed by atoms with Gasteiger partial charge in [-0.3, -0.25) is 15.6 Å². The van der Waals surface area contributed by atoms with Gasteiger partial charge in [0.1, 0.15) is 11.6 Å². The van der Waals surface area contributed by atoms with E-state index in [0.717, 1.165) is 55.2 Å². The highest BCUT2D eigenvalue weighted by Gasteiger charge is 2.51. The highest BCUT2D eigenvalue weighted by molar-refractivity contribution is 5.79. The predicted molar refractivity (Wildman–Crippen MR) is 100 cm³/mol. The molecule has 4 fully saturated rings. The number of urea groups is 1. The zero-order chi connectivity index (χ0) is 19.7. The van der Waals surface area contributed by atoms with E-state index in [1.54, 1.807) is 0 Å². The molecule has 5 rings (SSSR count). The molecule has 0 saturated heterocycles. The fraction of sp³-hybridized carbons (Fsp3) is 0.600. The quantitative estimate of drug-likeness (QED) is 0.562. The molecule has 6 nitrogen and oxygen atoms in total. The maximum absolute atomic E-state index is 13.1. The molecule has 3 amide bonds. The fourth-order valence-corrected chi connectivity index (χ4v) is 5.67. The van der Waals surface area contributed by atoms with Gasteiger partial charge in [-0.25, -0.2) is 13.6 Å². The predicted octanol–water partition coefficient (Wildman–Crippen LogP) is 3.07. The van der Waals surface area contributed by atoms with Crippen molar-refractivity contribution in [2.75, 3.05) is 12.0 Å². The van der Waals surface area contributed by atoms with Gasteiger partial charge in [0.05, 0.1) is 5.69 Å². The zero-order valence-electron chi connectivity index (χ0n) is 15.7. The number of carbonyl (C=O) groups is 2. The Balaban J connectivity index is 1.18. The summed E-state index contributed by atoms with van der Waals surface area (Å²) in [5.74, 6) is 0.377. The molecule has 0 radical (unpaired) electrons. The molecule has 0 atom stereocenters. The van der Waals surface area contributed by atoms with Crippen LogP contribution in [0.3, 0.4) is 0 Å². The molecule has 4 bridgehead atoms. The molecule has 1 aromatic carbocycles. The van der Waals surface area contributed by atoms with E-state index in [1.165, 1.54) is 19.3 Å². The van der Waals surface area contributed by atoms with Gasteiger partial charge in [0, 0.05) is 24.6 Å². The lowest BCUT2D eigenvalue weighted by Gasteiger charge is -2.56. The van der Waals surface area contributed by atoms with E-state index in [-0.39, 0.29) is 36.1 Å². The topological polar surface area (TPSA) is 82.3 Å². The maximum atomic E-state index is 13.1. The van der Waals surface area contributed by atoms with Crippen molar-refractivity contribution in [2.24, 2.45) is 17.8 Å². The van der Waals surface area contributed by atoms with E-state index >= 15 is 0 Å². The summed E-state index contributed by atoms with van der Waals surface area (Å²) >= 11 is 0. The summed E-state index contributed by atoms with van der Waals surface area (Å²) in [7, 11) is 0. The minimum Gasteiger partial charge on any atom is -0.338 e. The van der Waals surface area contributed by atoms with Crippen LogP contribution in [0.2, 0.25) is 0 Å². The molecule has 0 unspecified atom stereocenters. The summed E-state index contributed by atoms with van der Waals surface area (Å²) in [5.41, 5.74) is 4.86. The SMILES string of the molecule is O=C(CCNC(=O)NC12CC3CC(CC(C3)C1)C2)NNc1cc(F)cc(F)c1. The Kier molecular flexibility index (Phi) is 5.12. The van der Waals surface area contributed by atoms with E-state index in [1.807, 2.05) is 0 Å². The minimum atomic E-state index is -0.736. The number of rotatable bonds is 6. The van der Waals surface area contributed by atoms with Gasteiger partial charge in [0.25, 0.3) is 0 Å². The smallest absolute Gasteiger partial charge is 0.315 e. The number of hydrazine groups is 1. The molecule has 0 heterocycles. The number of halogens is 2. The van der Waals surface area contributed by atoms with Crippen LogP contribution in [0.5, 0.6) is 0 Å². The summed E-state index contributed by atoms with van der Waals surface area (Å²) in [6.07, 6.45) is 7.20. The molecule has 4 aliphatic carbocycles. The number of carbonyl (C=O) groups excluding carboxylic acids is 2. The maximum Gasteiger partial charge on any atom is 0.315 e. The highest BCUT2D eigenvalue weighted by Crippen LogP contribution is 2.55. The van der Waals surface area contributed by atoms with Gasteiger partial charge in [-0.05, 0) is 68.4 Å². The van der Waals surface area contributed by atoms with Crippen molar-refractivity contribution in [1.82, 2.24) is 16.1 Å². The number of benzene rings is 1. The van der Waals surface area contributed by atoms with Gasteiger partial charge in [0.2, 0.25) is 5.91 Å². The van der Waals surface area contributed by atoms with Crippen molar-refractivity contribution in [2.45, 2.75) is 50.5 Å². The van der Waals surface area contributed by atoms with E-state index in [2.05, 4.69) is 21.5 Å². The Morgan fingerprint density at radius 3 is 2.11 bits per heavy atom. The van der Waals surface area contributed by atoms with Crippen LogP contribution >= 0.6 is 0 Å². The number of hydrogen-bond acceptors (Lipinski definition) is 3.